The molecule has 1 aromatic heterocycles. The summed E-state index contributed by atoms with van der Waals surface area (Å²) in [6, 6.07) is 10.1. The number of piperazine rings is 1. The van der Waals surface area contributed by atoms with Gasteiger partial charge in [-0.2, -0.15) is 5.26 Å². The summed E-state index contributed by atoms with van der Waals surface area (Å²) >= 11 is 0. The minimum Gasteiger partial charge on any atom is -0.439 e. The van der Waals surface area contributed by atoms with Crippen molar-refractivity contribution in [3.8, 4) is 12.1 Å². The Bertz CT molecular complexity index is 825. The molecule has 0 spiro atoms. The summed E-state index contributed by atoms with van der Waals surface area (Å²) in [4.78, 5) is 18.8. The number of nitro groups is 1. The second kappa shape index (κ2) is 6.65. The molecule has 1 atom stereocenters. The Balaban J connectivity index is 1.28. The highest BCUT2D eigenvalue weighted by Gasteiger charge is 2.32. The fourth-order valence-electron chi connectivity index (χ4n) is 3.42. The molecule has 0 N–H and O–H groups in total. The Labute approximate surface area is 150 Å². The largest absolute Gasteiger partial charge is 0.439 e. The summed E-state index contributed by atoms with van der Waals surface area (Å²) < 4.78 is 7.44. The predicted molar refractivity (Wildman–Crippen MR) is 93.1 cm³/mol. The molecular weight excluding hydrogens is 336 g/mol. The van der Waals surface area contributed by atoms with E-state index in [2.05, 4.69) is 20.9 Å². The normalized spacial score (nSPS) is 19.7. The van der Waals surface area contributed by atoms with E-state index >= 15 is 0 Å². The van der Waals surface area contributed by atoms with Gasteiger partial charge in [-0.05, 0) is 29.2 Å². The fraction of sp³-hybridized carbons (Fsp3) is 0.412. The number of aromatic nitrogens is 2. The zero-order valence-electron chi connectivity index (χ0n) is 14.1. The second-order valence-corrected chi connectivity index (χ2v) is 6.48. The average molecular weight is 354 g/mol. The molecule has 1 aromatic carbocycles. The van der Waals surface area contributed by atoms with Gasteiger partial charge in [-0.1, -0.05) is 0 Å². The van der Waals surface area contributed by atoms with Crippen LogP contribution in [0.4, 0.5) is 11.5 Å². The third kappa shape index (κ3) is 3.19. The molecule has 0 amide bonds. The number of benzene rings is 1. The maximum atomic E-state index is 10.7. The Kier molecular flexibility index (Phi) is 4.18. The van der Waals surface area contributed by atoms with Crippen molar-refractivity contribution in [1.82, 2.24) is 14.5 Å². The van der Waals surface area contributed by atoms with Crippen molar-refractivity contribution in [3.63, 3.8) is 0 Å². The first-order valence-corrected chi connectivity index (χ1v) is 8.48. The van der Waals surface area contributed by atoms with Crippen LogP contribution in [-0.4, -0.2) is 58.2 Å². The van der Waals surface area contributed by atoms with Crippen molar-refractivity contribution < 1.29 is 9.66 Å². The Morgan fingerprint density at radius 1 is 1.27 bits per heavy atom. The van der Waals surface area contributed by atoms with Crippen molar-refractivity contribution >= 4 is 11.5 Å². The monoisotopic (exact) mass is 354 g/mol. The first-order chi connectivity index (χ1) is 12.6. The molecule has 26 heavy (non-hydrogen) atoms. The summed E-state index contributed by atoms with van der Waals surface area (Å²) in [6.07, 6.45) is 1.40. The Hall–Kier alpha value is -3.12. The van der Waals surface area contributed by atoms with E-state index in [1.54, 1.807) is 4.57 Å². The molecule has 134 valence electrons. The van der Waals surface area contributed by atoms with Gasteiger partial charge in [0.25, 0.3) is 0 Å². The quantitative estimate of drug-likeness (QED) is 0.601. The number of ether oxygens (including phenoxy) is 1. The zero-order valence-corrected chi connectivity index (χ0v) is 14.1. The molecule has 3 heterocycles. The molecule has 1 saturated heterocycles. The van der Waals surface area contributed by atoms with Crippen LogP contribution in [0.3, 0.4) is 0 Å². The van der Waals surface area contributed by atoms with Gasteiger partial charge in [0.15, 0.2) is 0 Å². The summed E-state index contributed by atoms with van der Waals surface area (Å²) in [5, 5.41) is 19.6. The molecule has 1 unspecified atom stereocenters. The SMILES string of the molecule is N#Cc1ccc(N2CCN(CC3Cn4cc([N+](=O)[O-])nc4O3)CC2)cc1. The van der Waals surface area contributed by atoms with Gasteiger partial charge < -0.3 is 19.8 Å². The molecule has 9 nitrogen and oxygen atoms in total. The highest BCUT2D eigenvalue weighted by Crippen LogP contribution is 2.25. The molecule has 2 aromatic rings. The van der Waals surface area contributed by atoms with E-state index < -0.39 is 4.92 Å². The Morgan fingerprint density at radius 3 is 2.62 bits per heavy atom. The van der Waals surface area contributed by atoms with Crippen LogP contribution < -0.4 is 9.64 Å². The standard InChI is InChI=1S/C17H18N6O3/c18-9-13-1-3-14(4-2-13)21-7-5-20(6-8-21)10-15-11-22-12-16(23(24)25)19-17(22)26-15/h1-4,12,15H,5-8,10-11H2. The van der Waals surface area contributed by atoms with Gasteiger partial charge in [0.05, 0.1) is 18.2 Å². The Morgan fingerprint density at radius 2 is 2.00 bits per heavy atom. The van der Waals surface area contributed by atoms with Crippen LogP contribution >= 0.6 is 0 Å². The third-order valence-corrected chi connectivity index (χ3v) is 4.78. The molecule has 0 saturated carbocycles. The van der Waals surface area contributed by atoms with E-state index in [0.717, 1.165) is 38.4 Å². The van der Waals surface area contributed by atoms with Crippen molar-refractivity contribution in [1.29, 1.82) is 5.26 Å². The number of fused-ring (bicyclic) bond motifs is 1. The number of hydrogen-bond donors (Lipinski definition) is 0. The first kappa shape index (κ1) is 16.4. The summed E-state index contributed by atoms with van der Waals surface area (Å²) in [7, 11) is 0. The van der Waals surface area contributed by atoms with Gasteiger partial charge >= 0.3 is 11.8 Å². The lowest BCUT2D eigenvalue weighted by atomic mass is 10.2. The van der Waals surface area contributed by atoms with E-state index in [0.29, 0.717) is 18.1 Å². The fourth-order valence-corrected chi connectivity index (χ4v) is 3.42. The van der Waals surface area contributed by atoms with E-state index in [1.807, 2.05) is 24.3 Å². The maximum absolute atomic E-state index is 10.7. The molecule has 0 aliphatic carbocycles. The predicted octanol–water partition coefficient (Wildman–Crippen LogP) is 1.25. The lowest BCUT2D eigenvalue weighted by Gasteiger charge is -2.36. The summed E-state index contributed by atoms with van der Waals surface area (Å²) in [5.41, 5.74) is 1.80. The summed E-state index contributed by atoms with van der Waals surface area (Å²) in [5.74, 6) is -0.172. The molecule has 9 heteroatoms. The van der Waals surface area contributed by atoms with Crippen LogP contribution in [0.25, 0.3) is 0 Å². The van der Waals surface area contributed by atoms with Crippen LogP contribution in [0.2, 0.25) is 0 Å². The van der Waals surface area contributed by atoms with E-state index in [9.17, 15) is 10.1 Å². The molecular formula is C17H18N6O3. The summed E-state index contributed by atoms with van der Waals surface area (Å²) in [6.45, 7) is 5.03. The number of anilines is 1. The van der Waals surface area contributed by atoms with E-state index in [-0.39, 0.29) is 11.9 Å². The van der Waals surface area contributed by atoms with Crippen LogP contribution in [0.15, 0.2) is 30.5 Å². The van der Waals surface area contributed by atoms with Crippen molar-refractivity contribution in [2.24, 2.45) is 0 Å². The molecule has 0 bridgehead atoms. The molecule has 1 fully saturated rings. The number of rotatable bonds is 4. The minimum atomic E-state index is -0.508. The van der Waals surface area contributed by atoms with E-state index in [4.69, 9.17) is 10.00 Å². The third-order valence-electron chi connectivity index (χ3n) is 4.78. The highest BCUT2D eigenvalue weighted by molar-refractivity contribution is 5.50. The average Bonchev–Trinajstić information content (AvgIpc) is 3.21. The number of hydrogen-bond acceptors (Lipinski definition) is 7. The van der Waals surface area contributed by atoms with Gasteiger partial charge in [-0.3, -0.25) is 9.47 Å². The van der Waals surface area contributed by atoms with Crippen LogP contribution in [0.1, 0.15) is 5.56 Å². The number of nitrogens with zero attached hydrogens (tertiary/aromatic N) is 6. The molecule has 2 aliphatic heterocycles. The smallest absolute Gasteiger partial charge is 0.414 e. The number of imidazole rings is 1. The zero-order chi connectivity index (χ0) is 18.1. The highest BCUT2D eigenvalue weighted by atomic mass is 16.6. The van der Waals surface area contributed by atoms with Crippen molar-refractivity contribution in [3.05, 3.63) is 46.1 Å². The van der Waals surface area contributed by atoms with Gasteiger partial charge in [-0.25, -0.2) is 0 Å². The minimum absolute atomic E-state index is 0.0280. The second-order valence-electron chi connectivity index (χ2n) is 6.48. The van der Waals surface area contributed by atoms with Crippen LogP contribution in [0, 0.1) is 21.4 Å². The lowest BCUT2D eigenvalue weighted by Crippen LogP contribution is -2.49. The van der Waals surface area contributed by atoms with Crippen LogP contribution in [-0.2, 0) is 6.54 Å². The van der Waals surface area contributed by atoms with E-state index in [1.165, 1.54) is 6.20 Å². The van der Waals surface area contributed by atoms with Crippen molar-refractivity contribution in [2.75, 3.05) is 37.6 Å². The number of nitriles is 1. The lowest BCUT2D eigenvalue weighted by molar-refractivity contribution is -0.389. The maximum Gasteiger partial charge on any atom is 0.414 e. The van der Waals surface area contributed by atoms with Gasteiger partial charge in [-0.15, -0.1) is 0 Å². The molecule has 0 radical (unpaired) electrons. The molecule has 2 aliphatic rings. The van der Waals surface area contributed by atoms with Gasteiger partial charge in [0.1, 0.15) is 12.3 Å². The first-order valence-electron chi connectivity index (χ1n) is 8.48. The molecule has 4 rings (SSSR count). The van der Waals surface area contributed by atoms with Crippen molar-refractivity contribution in [2.45, 2.75) is 12.6 Å². The van der Waals surface area contributed by atoms with Crippen LogP contribution in [0.5, 0.6) is 6.01 Å². The van der Waals surface area contributed by atoms with Gasteiger partial charge in [0, 0.05) is 43.4 Å². The topological polar surface area (TPSA) is 100 Å². The van der Waals surface area contributed by atoms with Gasteiger partial charge in [0.2, 0.25) is 0 Å².